The molecular weight excluding hydrogens is 288 g/mol. The molecule has 0 unspecified atom stereocenters. The van der Waals surface area contributed by atoms with E-state index < -0.39 is 0 Å². The number of nitrogens with one attached hydrogen (secondary N) is 1. The van der Waals surface area contributed by atoms with E-state index in [0.29, 0.717) is 37.6 Å². The van der Waals surface area contributed by atoms with Gasteiger partial charge >= 0.3 is 0 Å². The molecule has 0 bridgehead atoms. The van der Waals surface area contributed by atoms with Crippen molar-refractivity contribution in [2.45, 2.75) is 38.0 Å². The molecule has 2 aliphatic heterocycles. The summed E-state index contributed by atoms with van der Waals surface area (Å²) in [4.78, 5) is 17.5. The van der Waals surface area contributed by atoms with Crippen molar-refractivity contribution < 1.29 is 9.53 Å². The number of hydrogen-bond donors (Lipinski definition) is 1. The Balaban J connectivity index is 1.48. The van der Waals surface area contributed by atoms with Gasteiger partial charge in [0.05, 0.1) is 23.8 Å². The van der Waals surface area contributed by atoms with E-state index in [1.165, 1.54) is 11.3 Å². The SMILES string of the molecule is C#CCCC1(CCNC(=O)c2nc3c(s2)COCC3)N=N1. The summed E-state index contributed by atoms with van der Waals surface area (Å²) in [6.07, 6.45) is 8.12. The molecule has 3 heterocycles. The minimum absolute atomic E-state index is 0.137. The number of nitrogens with zero attached hydrogens (tertiary/aromatic N) is 3. The Morgan fingerprint density at radius 3 is 3.05 bits per heavy atom. The van der Waals surface area contributed by atoms with Crippen LogP contribution in [0.4, 0.5) is 0 Å². The predicted octanol–water partition coefficient (Wildman–Crippen LogP) is 1.91. The zero-order valence-electron chi connectivity index (χ0n) is 11.6. The summed E-state index contributed by atoms with van der Waals surface area (Å²) in [7, 11) is 0. The highest BCUT2D eigenvalue weighted by atomic mass is 32.1. The van der Waals surface area contributed by atoms with E-state index in [-0.39, 0.29) is 11.6 Å². The minimum atomic E-state index is -0.352. The van der Waals surface area contributed by atoms with Gasteiger partial charge in [0.25, 0.3) is 5.91 Å². The Labute approximate surface area is 127 Å². The molecule has 1 amide bonds. The maximum atomic E-state index is 12.1. The maximum Gasteiger partial charge on any atom is 0.280 e. The van der Waals surface area contributed by atoms with E-state index in [4.69, 9.17) is 11.2 Å². The number of aromatic nitrogens is 1. The summed E-state index contributed by atoms with van der Waals surface area (Å²) in [5, 5.41) is 11.5. The Bertz CT molecular complexity index is 587. The molecule has 1 aromatic heterocycles. The number of carbonyl (C=O) groups is 1. The average molecular weight is 304 g/mol. The summed E-state index contributed by atoms with van der Waals surface area (Å²) < 4.78 is 5.36. The largest absolute Gasteiger partial charge is 0.375 e. The summed E-state index contributed by atoms with van der Waals surface area (Å²) in [6.45, 7) is 1.77. The van der Waals surface area contributed by atoms with Crippen molar-refractivity contribution in [1.82, 2.24) is 10.3 Å². The Morgan fingerprint density at radius 2 is 2.33 bits per heavy atom. The van der Waals surface area contributed by atoms with Gasteiger partial charge in [0, 0.05) is 32.2 Å². The molecule has 0 aromatic carbocycles. The first kappa shape index (κ1) is 14.2. The molecule has 21 heavy (non-hydrogen) atoms. The zero-order valence-corrected chi connectivity index (χ0v) is 12.4. The van der Waals surface area contributed by atoms with Gasteiger partial charge in [0.2, 0.25) is 0 Å². The lowest BCUT2D eigenvalue weighted by Crippen LogP contribution is -2.28. The molecule has 0 fully saturated rings. The maximum absolute atomic E-state index is 12.1. The van der Waals surface area contributed by atoms with Crippen molar-refractivity contribution in [3.05, 3.63) is 15.6 Å². The lowest BCUT2D eigenvalue weighted by molar-refractivity contribution is 0.0950. The third-order valence-electron chi connectivity index (χ3n) is 3.55. The van der Waals surface area contributed by atoms with E-state index in [2.05, 4.69) is 26.4 Å². The fourth-order valence-corrected chi connectivity index (χ4v) is 3.20. The van der Waals surface area contributed by atoms with E-state index >= 15 is 0 Å². The Hall–Kier alpha value is -1.78. The van der Waals surface area contributed by atoms with Crippen molar-refractivity contribution in [2.24, 2.45) is 10.2 Å². The first-order valence-electron chi connectivity index (χ1n) is 6.94. The third-order valence-corrected chi connectivity index (χ3v) is 4.62. The lowest BCUT2D eigenvalue weighted by atomic mass is 10.0. The Kier molecular flexibility index (Phi) is 3.99. The second-order valence-electron chi connectivity index (χ2n) is 5.08. The van der Waals surface area contributed by atoms with Crippen LogP contribution in [0, 0.1) is 12.3 Å². The number of hydrogen-bond acceptors (Lipinski definition) is 6. The molecular formula is C14H16N4O2S. The van der Waals surface area contributed by atoms with Crippen LogP contribution in [0.3, 0.4) is 0 Å². The summed E-state index contributed by atoms with van der Waals surface area (Å²) in [5.41, 5.74) is 0.643. The van der Waals surface area contributed by atoms with Crippen LogP contribution < -0.4 is 5.32 Å². The van der Waals surface area contributed by atoms with Crippen molar-refractivity contribution in [3.8, 4) is 12.3 Å². The van der Waals surface area contributed by atoms with Gasteiger partial charge < -0.3 is 10.1 Å². The molecule has 1 aromatic rings. The Morgan fingerprint density at radius 1 is 1.48 bits per heavy atom. The number of carbonyl (C=O) groups excluding carboxylic acids is 1. The highest BCUT2D eigenvalue weighted by Crippen LogP contribution is 2.36. The average Bonchev–Trinajstić information content (AvgIpc) is 3.12. The van der Waals surface area contributed by atoms with E-state index in [9.17, 15) is 4.79 Å². The summed E-state index contributed by atoms with van der Waals surface area (Å²) >= 11 is 1.41. The molecule has 0 saturated heterocycles. The number of fused-ring (bicyclic) bond motifs is 1. The molecule has 6 nitrogen and oxygen atoms in total. The zero-order chi connectivity index (χ0) is 14.7. The van der Waals surface area contributed by atoms with Crippen molar-refractivity contribution >= 4 is 17.2 Å². The second kappa shape index (κ2) is 5.92. The van der Waals surface area contributed by atoms with Gasteiger partial charge in [-0.2, -0.15) is 10.2 Å². The fraction of sp³-hybridized carbons (Fsp3) is 0.571. The van der Waals surface area contributed by atoms with Crippen LogP contribution >= 0.6 is 11.3 Å². The number of ether oxygens (including phenoxy) is 1. The highest BCUT2D eigenvalue weighted by molar-refractivity contribution is 7.13. The lowest BCUT2D eigenvalue weighted by Gasteiger charge is -2.08. The number of terminal acetylenes is 1. The number of rotatable bonds is 6. The van der Waals surface area contributed by atoms with Gasteiger partial charge in [0.1, 0.15) is 0 Å². The predicted molar refractivity (Wildman–Crippen MR) is 78.1 cm³/mol. The summed E-state index contributed by atoms with van der Waals surface area (Å²) in [5.74, 6) is 2.45. The van der Waals surface area contributed by atoms with Crippen LogP contribution in [0.15, 0.2) is 10.2 Å². The number of amides is 1. The van der Waals surface area contributed by atoms with Crippen molar-refractivity contribution in [2.75, 3.05) is 13.2 Å². The number of thiazole rings is 1. The molecule has 0 radical (unpaired) electrons. The molecule has 7 heteroatoms. The summed E-state index contributed by atoms with van der Waals surface area (Å²) in [6, 6.07) is 0. The monoisotopic (exact) mass is 304 g/mol. The second-order valence-corrected chi connectivity index (χ2v) is 6.17. The van der Waals surface area contributed by atoms with Gasteiger partial charge in [-0.1, -0.05) is 0 Å². The topological polar surface area (TPSA) is 75.9 Å². The third kappa shape index (κ3) is 3.28. The fourth-order valence-electron chi connectivity index (χ4n) is 2.24. The molecule has 110 valence electrons. The van der Waals surface area contributed by atoms with E-state index in [0.717, 1.165) is 23.4 Å². The standard InChI is InChI=1S/C14H16N4O2S/c1-2-3-5-14(17-18-14)6-7-15-12(19)13-16-10-4-8-20-9-11(10)21-13/h1H,3-9H2,(H,15,19). The molecule has 0 saturated carbocycles. The first-order chi connectivity index (χ1) is 10.2. The molecule has 0 spiro atoms. The van der Waals surface area contributed by atoms with E-state index in [1.807, 2.05) is 0 Å². The van der Waals surface area contributed by atoms with Gasteiger partial charge in [-0.25, -0.2) is 4.98 Å². The molecule has 0 aliphatic carbocycles. The molecule has 2 aliphatic rings. The van der Waals surface area contributed by atoms with E-state index in [1.54, 1.807) is 0 Å². The smallest absolute Gasteiger partial charge is 0.280 e. The first-order valence-corrected chi connectivity index (χ1v) is 7.76. The van der Waals surface area contributed by atoms with Gasteiger partial charge in [-0.15, -0.1) is 23.7 Å². The van der Waals surface area contributed by atoms with Crippen LogP contribution in [-0.4, -0.2) is 29.7 Å². The van der Waals surface area contributed by atoms with Crippen molar-refractivity contribution in [1.29, 1.82) is 0 Å². The molecule has 0 atom stereocenters. The van der Waals surface area contributed by atoms with Crippen LogP contribution in [0.2, 0.25) is 0 Å². The highest BCUT2D eigenvalue weighted by Gasteiger charge is 2.38. The molecule has 3 rings (SSSR count). The van der Waals surface area contributed by atoms with Gasteiger partial charge in [-0.3, -0.25) is 4.79 Å². The molecule has 1 N–H and O–H groups in total. The van der Waals surface area contributed by atoms with Crippen molar-refractivity contribution in [3.63, 3.8) is 0 Å². The van der Waals surface area contributed by atoms with Crippen LogP contribution in [-0.2, 0) is 17.8 Å². The van der Waals surface area contributed by atoms with Crippen LogP contribution in [0.1, 0.15) is 39.6 Å². The minimum Gasteiger partial charge on any atom is -0.375 e. The quantitative estimate of drug-likeness (QED) is 0.816. The van der Waals surface area contributed by atoms with Gasteiger partial charge in [0.15, 0.2) is 10.7 Å². The van der Waals surface area contributed by atoms with Crippen LogP contribution in [0.25, 0.3) is 0 Å². The van der Waals surface area contributed by atoms with Crippen LogP contribution in [0.5, 0.6) is 0 Å². The normalized spacial score (nSPS) is 17.9. The van der Waals surface area contributed by atoms with Gasteiger partial charge in [-0.05, 0) is 0 Å².